The summed E-state index contributed by atoms with van der Waals surface area (Å²) in [7, 11) is 0. The second kappa shape index (κ2) is 9.77. The van der Waals surface area contributed by atoms with Gasteiger partial charge >= 0.3 is 0 Å². The number of rotatable bonds is 6. The van der Waals surface area contributed by atoms with Gasteiger partial charge in [0, 0.05) is 18.5 Å². The Balaban J connectivity index is 1.39. The van der Waals surface area contributed by atoms with E-state index in [0.29, 0.717) is 24.7 Å². The molecule has 4 heteroatoms. The number of carbonyl (C=O) groups is 1. The fourth-order valence-corrected chi connectivity index (χ4v) is 4.95. The van der Waals surface area contributed by atoms with Gasteiger partial charge in [0.2, 0.25) is 0 Å². The number of nitrogens with one attached hydrogen (secondary N) is 2. The van der Waals surface area contributed by atoms with Crippen molar-refractivity contribution in [3.8, 4) is 0 Å². The zero-order valence-electron chi connectivity index (χ0n) is 17.1. The number of hydrogen-bond donors (Lipinski definition) is 2. The predicted molar refractivity (Wildman–Crippen MR) is 121 cm³/mol. The minimum Gasteiger partial charge on any atom is -0.380 e. The summed E-state index contributed by atoms with van der Waals surface area (Å²) in [4.78, 5) is 12.6. The maximum absolute atomic E-state index is 12.6. The normalized spacial score (nSPS) is 17.4. The molecule has 0 spiro atoms. The van der Waals surface area contributed by atoms with Gasteiger partial charge in [-0.1, -0.05) is 74.0 Å². The SMILES string of the molecule is O=C(CC1CCCCC1)c1ccc(CNc2c(Cl)ccc3c2CCNCC3)cc1. The molecule has 2 N–H and O–H groups in total. The van der Waals surface area contributed by atoms with Gasteiger partial charge in [0.25, 0.3) is 0 Å². The lowest BCUT2D eigenvalue weighted by molar-refractivity contribution is 0.0950. The van der Waals surface area contributed by atoms with Crippen LogP contribution in [0.3, 0.4) is 0 Å². The van der Waals surface area contributed by atoms with Crippen molar-refractivity contribution in [3.05, 3.63) is 63.7 Å². The van der Waals surface area contributed by atoms with Gasteiger partial charge in [-0.25, -0.2) is 0 Å². The van der Waals surface area contributed by atoms with Crippen LogP contribution in [0.2, 0.25) is 5.02 Å². The standard InChI is InChI=1S/C25H31ClN2O/c26-23-11-10-20-12-14-27-15-13-22(20)25(23)28-17-19-6-8-21(9-7-19)24(29)16-18-4-2-1-3-5-18/h6-11,18,27-28H,1-5,12-17H2. The molecular formula is C25H31ClN2O. The molecule has 1 aliphatic carbocycles. The van der Waals surface area contributed by atoms with Crippen LogP contribution in [0.1, 0.15) is 65.6 Å². The van der Waals surface area contributed by atoms with Crippen molar-refractivity contribution >= 4 is 23.1 Å². The fourth-order valence-electron chi connectivity index (χ4n) is 4.70. The lowest BCUT2D eigenvalue weighted by atomic mass is 9.85. The Kier molecular flexibility index (Phi) is 6.89. The Labute approximate surface area is 179 Å². The Bertz CT molecular complexity index is 841. The highest BCUT2D eigenvalue weighted by Crippen LogP contribution is 2.31. The van der Waals surface area contributed by atoms with Crippen molar-refractivity contribution in [2.24, 2.45) is 5.92 Å². The molecule has 29 heavy (non-hydrogen) atoms. The summed E-state index contributed by atoms with van der Waals surface area (Å²) in [6.45, 7) is 2.71. The van der Waals surface area contributed by atoms with Crippen LogP contribution in [-0.4, -0.2) is 18.9 Å². The van der Waals surface area contributed by atoms with E-state index in [4.69, 9.17) is 11.6 Å². The Morgan fingerprint density at radius 2 is 1.76 bits per heavy atom. The third kappa shape index (κ3) is 5.21. The molecule has 154 valence electrons. The molecule has 1 saturated carbocycles. The van der Waals surface area contributed by atoms with Crippen molar-refractivity contribution in [2.75, 3.05) is 18.4 Å². The number of anilines is 1. The Hall–Kier alpha value is -1.84. The molecule has 0 atom stereocenters. The van der Waals surface area contributed by atoms with Gasteiger partial charge in [0.1, 0.15) is 0 Å². The first kappa shape index (κ1) is 20.4. The van der Waals surface area contributed by atoms with Crippen LogP contribution in [0.15, 0.2) is 36.4 Å². The molecular weight excluding hydrogens is 380 g/mol. The smallest absolute Gasteiger partial charge is 0.163 e. The molecule has 0 bridgehead atoms. The Morgan fingerprint density at radius 3 is 2.55 bits per heavy atom. The molecule has 1 aliphatic heterocycles. The number of hydrogen-bond acceptors (Lipinski definition) is 3. The third-order valence-corrected chi connectivity index (χ3v) is 6.74. The molecule has 2 aliphatic rings. The lowest BCUT2D eigenvalue weighted by Crippen LogP contribution is -2.16. The van der Waals surface area contributed by atoms with Crippen LogP contribution in [0.25, 0.3) is 0 Å². The summed E-state index contributed by atoms with van der Waals surface area (Å²) >= 11 is 6.51. The summed E-state index contributed by atoms with van der Waals surface area (Å²) in [5.41, 5.74) is 5.79. The number of benzene rings is 2. The van der Waals surface area contributed by atoms with Crippen LogP contribution in [-0.2, 0) is 19.4 Å². The second-order valence-corrected chi connectivity index (χ2v) is 8.90. The van der Waals surface area contributed by atoms with Crippen LogP contribution in [0.5, 0.6) is 0 Å². The molecule has 0 aromatic heterocycles. The summed E-state index contributed by atoms with van der Waals surface area (Å²) < 4.78 is 0. The number of ketones is 1. The van der Waals surface area contributed by atoms with Gasteiger partial charge in [-0.2, -0.15) is 0 Å². The average Bonchev–Trinajstić information content (AvgIpc) is 3.00. The van der Waals surface area contributed by atoms with Crippen LogP contribution >= 0.6 is 11.6 Å². The number of halogens is 1. The predicted octanol–water partition coefficient (Wildman–Crippen LogP) is 5.79. The molecule has 0 saturated heterocycles. The van der Waals surface area contributed by atoms with Gasteiger partial charge < -0.3 is 10.6 Å². The molecule has 2 aromatic carbocycles. The third-order valence-electron chi connectivity index (χ3n) is 6.43. The number of Topliss-reactive ketones (excluding diaryl/α,β-unsaturated/α-hetero) is 1. The molecule has 0 radical (unpaired) electrons. The monoisotopic (exact) mass is 410 g/mol. The highest BCUT2D eigenvalue weighted by Gasteiger charge is 2.18. The zero-order valence-corrected chi connectivity index (χ0v) is 17.9. The van der Waals surface area contributed by atoms with Crippen LogP contribution in [0.4, 0.5) is 5.69 Å². The first-order valence-corrected chi connectivity index (χ1v) is 11.5. The second-order valence-electron chi connectivity index (χ2n) is 8.49. The van der Waals surface area contributed by atoms with Crippen molar-refractivity contribution in [1.29, 1.82) is 0 Å². The number of carbonyl (C=O) groups excluding carboxylic acids is 1. The van der Waals surface area contributed by atoms with E-state index in [1.807, 2.05) is 18.2 Å². The fraction of sp³-hybridized carbons (Fsp3) is 0.480. The van der Waals surface area contributed by atoms with E-state index in [1.54, 1.807) is 0 Å². The molecule has 1 fully saturated rings. The highest BCUT2D eigenvalue weighted by molar-refractivity contribution is 6.33. The van der Waals surface area contributed by atoms with Gasteiger partial charge in [-0.15, -0.1) is 0 Å². The Morgan fingerprint density at radius 1 is 1.00 bits per heavy atom. The molecule has 4 rings (SSSR count). The molecule has 0 amide bonds. The van der Waals surface area contributed by atoms with E-state index in [1.165, 1.54) is 48.8 Å². The van der Waals surface area contributed by atoms with Crippen molar-refractivity contribution < 1.29 is 4.79 Å². The van der Waals surface area contributed by atoms with E-state index >= 15 is 0 Å². The number of fused-ring (bicyclic) bond motifs is 1. The molecule has 1 heterocycles. The minimum atomic E-state index is 0.292. The van der Waals surface area contributed by atoms with Crippen LogP contribution in [0, 0.1) is 5.92 Å². The van der Waals surface area contributed by atoms with E-state index in [9.17, 15) is 4.79 Å². The minimum absolute atomic E-state index is 0.292. The van der Waals surface area contributed by atoms with Gasteiger partial charge in [0.15, 0.2) is 5.78 Å². The first-order valence-electron chi connectivity index (χ1n) is 11.1. The topological polar surface area (TPSA) is 41.1 Å². The quantitative estimate of drug-likeness (QED) is 0.592. The van der Waals surface area contributed by atoms with Gasteiger partial charge in [-0.05, 0) is 54.6 Å². The average molecular weight is 411 g/mol. The van der Waals surface area contributed by atoms with Crippen LogP contribution < -0.4 is 10.6 Å². The van der Waals surface area contributed by atoms with E-state index in [-0.39, 0.29) is 0 Å². The molecule has 0 unspecified atom stereocenters. The van der Waals surface area contributed by atoms with Gasteiger partial charge in [0.05, 0.1) is 10.7 Å². The zero-order chi connectivity index (χ0) is 20.1. The lowest BCUT2D eigenvalue weighted by Gasteiger charge is -2.20. The molecule has 2 aromatic rings. The summed E-state index contributed by atoms with van der Waals surface area (Å²) in [6, 6.07) is 12.3. The van der Waals surface area contributed by atoms with Gasteiger partial charge in [-0.3, -0.25) is 4.79 Å². The van der Waals surface area contributed by atoms with Crippen molar-refractivity contribution in [2.45, 2.75) is 57.9 Å². The summed E-state index contributed by atoms with van der Waals surface area (Å²) in [5.74, 6) is 0.878. The highest BCUT2D eigenvalue weighted by atomic mass is 35.5. The first-order chi connectivity index (χ1) is 14.2. The van der Waals surface area contributed by atoms with Crippen molar-refractivity contribution in [3.63, 3.8) is 0 Å². The largest absolute Gasteiger partial charge is 0.380 e. The maximum Gasteiger partial charge on any atom is 0.163 e. The summed E-state index contributed by atoms with van der Waals surface area (Å²) in [6.07, 6.45) is 9.06. The molecule has 3 nitrogen and oxygen atoms in total. The van der Waals surface area contributed by atoms with E-state index in [2.05, 4.69) is 28.8 Å². The maximum atomic E-state index is 12.6. The van der Waals surface area contributed by atoms with E-state index < -0.39 is 0 Å². The summed E-state index contributed by atoms with van der Waals surface area (Å²) in [5, 5.41) is 7.79. The van der Waals surface area contributed by atoms with E-state index in [0.717, 1.165) is 42.2 Å². The van der Waals surface area contributed by atoms with Crippen molar-refractivity contribution in [1.82, 2.24) is 5.32 Å².